The number of aliphatic carboxylic acids is 4. The third-order valence-electron chi connectivity index (χ3n) is 8.49. The number of carbonyl (C=O) groups is 4. The van der Waals surface area contributed by atoms with Crippen molar-refractivity contribution in [3.05, 3.63) is 0 Å². The maximum atomic E-state index is 12.0. The molecule has 8 N–H and O–H groups in total. The molecule has 9 unspecified atom stereocenters. The maximum absolute atomic E-state index is 12.0. The molecule has 0 aliphatic carbocycles. The molecule has 25 nitrogen and oxygen atoms in total. The van der Waals surface area contributed by atoms with Crippen LogP contribution in [0.4, 0.5) is 0 Å². The van der Waals surface area contributed by atoms with E-state index in [1.54, 1.807) is 0 Å². The number of ether oxygens (including phenoxy) is 9. The van der Waals surface area contributed by atoms with Crippen molar-refractivity contribution < 1.29 is 123 Å². The summed E-state index contributed by atoms with van der Waals surface area (Å²) in [5.74, 6) is -8.42. The van der Waals surface area contributed by atoms with Gasteiger partial charge in [0.05, 0.1) is 23.9 Å². The van der Waals surface area contributed by atoms with Crippen molar-refractivity contribution in [2.45, 2.75) is 138 Å². The van der Waals surface area contributed by atoms with Gasteiger partial charge in [-0.3, -0.25) is 0 Å². The summed E-state index contributed by atoms with van der Waals surface area (Å²) in [6.45, 7) is 0. The molecule has 4 heterocycles. The number of carbonyl (C=O) groups excluding carboxylic acids is 4. The molecule has 25 heteroatoms. The van der Waals surface area contributed by atoms with Crippen LogP contribution in [0.15, 0.2) is 0 Å². The smallest absolute Gasteiger partial charge is 0.187 e. The molecule has 0 aromatic heterocycles. The van der Waals surface area contributed by atoms with Crippen molar-refractivity contribution in [2.24, 2.45) is 0 Å². The van der Waals surface area contributed by atoms with E-state index >= 15 is 0 Å². The highest BCUT2D eigenvalue weighted by Gasteiger charge is 2.56. The first-order chi connectivity index (χ1) is 23.9. The first-order valence-electron chi connectivity index (χ1n) is 14.8. The summed E-state index contributed by atoms with van der Waals surface area (Å²) in [5, 5.41) is 132. The van der Waals surface area contributed by atoms with Crippen molar-refractivity contribution in [1.29, 1.82) is 0 Å². The first-order valence-corrected chi connectivity index (χ1v) is 14.8. The zero-order chi connectivity index (χ0) is 38.2. The van der Waals surface area contributed by atoms with Crippen LogP contribution in [0.25, 0.3) is 0 Å². The van der Waals surface area contributed by atoms with Crippen molar-refractivity contribution in [1.82, 2.24) is 0 Å². The van der Waals surface area contributed by atoms with E-state index in [0.29, 0.717) is 0 Å². The van der Waals surface area contributed by atoms with Gasteiger partial charge in [-0.15, -0.1) is 0 Å². The summed E-state index contributed by atoms with van der Waals surface area (Å²) in [6, 6.07) is 0. The molecule has 53 heavy (non-hydrogen) atoms. The zero-order valence-electron chi connectivity index (χ0n) is 26.1. The van der Waals surface area contributed by atoms with Crippen LogP contribution in [-0.2, 0) is 61.8 Å². The number of methoxy groups -OCH3 is 2. The van der Waals surface area contributed by atoms with Crippen LogP contribution in [0.1, 0.15) is 14.9 Å². The topological polar surface area (TPSA) is 405 Å². The van der Waals surface area contributed by atoms with Gasteiger partial charge in [-0.2, -0.15) is 0 Å². The number of carboxylic acids is 4. The van der Waals surface area contributed by atoms with Crippen LogP contribution in [-0.4, -0.2) is 202 Å². The lowest BCUT2D eigenvalue weighted by Crippen LogP contribution is -2.70. The molecule has 0 amide bonds. The lowest BCUT2D eigenvalue weighted by Gasteiger charge is -2.49. The Morgan fingerprint density at radius 2 is 0.623 bits per heavy atom. The number of aliphatic hydroxyl groups excluding tert-OH is 8. The zero-order valence-corrected chi connectivity index (χ0v) is 26.1. The van der Waals surface area contributed by atoms with E-state index in [-0.39, 0.29) is 14.9 Å². The molecule has 4 saturated heterocycles. The van der Waals surface area contributed by atoms with Crippen LogP contribution in [0.5, 0.6) is 0 Å². The van der Waals surface area contributed by atoms with Crippen molar-refractivity contribution in [3.63, 3.8) is 0 Å². The molecule has 0 bridgehead atoms. The number of hydrogen-bond acceptors (Lipinski definition) is 25. The van der Waals surface area contributed by atoms with E-state index < -0.39 is 147 Å². The molecule has 0 saturated carbocycles. The maximum Gasteiger partial charge on any atom is 0.187 e. The molecular weight excluding hydrogens is 736 g/mol. The summed E-state index contributed by atoms with van der Waals surface area (Å²) >= 11 is 0. The van der Waals surface area contributed by atoms with Crippen molar-refractivity contribution in [2.75, 3.05) is 14.2 Å². The molecule has 0 aromatic carbocycles. The summed E-state index contributed by atoms with van der Waals surface area (Å²) < 4.78 is 45.3. The van der Waals surface area contributed by atoms with Crippen LogP contribution < -0.4 is 20.4 Å². The minimum Gasteiger partial charge on any atom is -0.547 e. The molecule has 4 aliphatic heterocycles. The first kappa shape index (κ1) is 46.4. The second kappa shape index (κ2) is 18.7. The Labute approximate surface area is 299 Å². The molecule has 0 radical (unpaired) electrons. The third kappa shape index (κ3) is 9.19. The SMILES string of the molecule is C.C.CO[C@@H]1O[C@@H](C(=O)[O-])[C@@H](O[C@@H]2OC(C(=O)[O-])[C@@H](O[C@@H]3OC(C(=O)[O-])[C@@H](O[C@@H]4OC(C(=O)[O-])[C@@H](OC)[C@@H](O)C4O)C(O)C3O)[C@H](O)C2O)C(O)C1O. The Morgan fingerprint density at radius 3 is 0.868 bits per heavy atom. The molecule has 4 fully saturated rings. The van der Waals surface area contributed by atoms with E-state index in [9.17, 15) is 80.5 Å². The van der Waals surface area contributed by atoms with Gasteiger partial charge in [-0.1, -0.05) is 14.9 Å². The molecule has 0 aromatic rings. The minimum atomic E-state index is -2.54. The lowest BCUT2D eigenvalue weighted by molar-refractivity contribution is -0.402. The largest absolute Gasteiger partial charge is 0.547 e. The Kier molecular flexibility index (Phi) is 16.3. The van der Waals surface area contributed by atoms with E-state index in [1.807, 2.05) is 0 Å². The average molecular weight is 779 g/mol. The van der Waals surface area contributed by atoms with Crippen LogP contribution >= 0.6 is 0 Å². The van der Waals surface area contributed by atoms with Gasteiger partial charge in [0.1, 0.15) is 97.7 Å². The molecule has 20 atom stereocenters. The summed E-state index contributed by atoms with van der Waals surface area (Å²) in [7, 11) is 1.95. The fourth-order valence-electron chi connectivity index (χ4n) is 5.82. The van der Waals surface area contributed by atoms with Gasteiger partial charge in [0.15, 0.2) is 25.2 Å². The predicted molar refractivity (Wildman–Crippen MR) is 149 cm³/mol. The average Bonchev–Trinajstić information content (AvgIpc) is 3.07. The quantitative estimate of drug-likeness (QED) is 0.0911. The molecule has 0 spiro atoms. The Morgan fingerprint density at radius 1 is 0.396 bits per heavy atom. The van der Waals surface area contributed by atoms with Gasteiger partial charge >= 0.3 is 0 Å². The number of aliphatic hydroxyl groups is 8. The molecular formula is C28H42O25-4. The van der Waals surface area contributed by atoms with Gasteiger partial charge in [0.2, 0.25) is 0 Å². The highest BCUT2D eigenvalue weighted by Crippen LogP contribution is 2.34. The van der Waals surface area contributed by atoms with Gasteiger partial charge in [-0.05, 0) is 0 Å². The predicted octanol–water partition coefficient (Wildman–Crippen LogP) is -12.1. The third-order valence-corrected chi connectivity index (χ3v) is 8.49. The van der Waals surface area contributed by atoms with E-state index in [2.05, 4.69) is 0 Å². The molecule has 4 rings (SSSR count). The molecule has 308 valence electrons. The summed E-state index contributed by atoms with van der Waals surface area (Å²) in [6.07, 6.45) is -44.8. The summed E-state index contributed by atoms with van der Waals surface area (Å²) in [4.78, 5) is 47.2. The van der Waals surface area contributed by atoms with Crippen molar-refractivity contribution >= 4 is 23.9 Å². The van der Waals surface area contributed by atoms with Gasteiger partial charge in [0.25, 0.3) is 0 Å². The van der Waals surface area contributed by atoms with Crippen molar-refractivity contribution in [3.8, 4) is 0 Å². The van der Waals surface area contributed by atoms with Crippen LogP contribution in [0.3, 0.4) is 0 Å². The number of carboxylic acid groups (broad SMARTS) is 4. The molecule has 4 aliphatic rings. The highest BCUT2D eigenvalue weighted by atomic mass is 16.8. The Hall–Kier alpha value is -2.80. The lowest BCUT2D eigenvalue weighted by atomic mass is 9.95. The fourth-order valence-corrected chi connectivity index (χ4v) is 5.82. The second-order valence-electron chi connectivity index (χ2n) is 11.6. The van der Waals surface area contributed by atoms with Gasteiger partial charge < -0.3 is 123 Å². The van der Waals surface area contributed by atoms with E-state index in [1.165, 1.54) is 0 Å². The van der Waals surface area contributed by atoms with E-state index in [4.69, 9.17) is 42.6 Å². The Bertz CT molecular complexity index is 1250. The second-order valence-corrected chi connectivity index (χ2v) is 11.6. The summed E-state index contributed by atoms with van der Waals surface area (Å²) in [5.41, 5.74) is 0. The number of hydrogen-bond donors (Lipinski definition) is 8. The fraction of sp³-hybridized carbons (Fsp3) is 0.857. The highest BCUT2D eigenvalue weighted by molar-refractivity contribution is 5.72. The minimum absolute atomic E-state index is 0. The van der Waals surface area contributed by atoms with Gasteiger partial charge in [0, 0.05) is 14.2 Å². The van der Waals surface area contributed by atoms with E-state index in [0.717, 1.165) is 14.2 Å². The van der Waals surface area contributed by atoms with Crippen LogP contribution in [0.2, 0.25) is 0 Å². The standard InChI is InChI=1S/C26H38O25.2CH4/c1-43-11-3(27)8(32)24(49-15(11)19(35)36)46-13-5(29)10(34)26(51-17(13)21(39)40)47-14-6(30)9(33)25(50-18(14)22(41)42)45-12-4(28)7(31)23(44-2)48-16(12)20(37)38;;/h3-18,23-34H,1-2H3,(H,35,36)(H,37,38)(H,39,40)(H,41,42);2*1H4/p-4/t3-,4?,5?,6+,7?,8?,9?,10?,11-,12-,13-,14-,15?,16+,17?,18?,23+,24+,25+,26+;;/m0../s1. The van der Waals surface area contributed by atoms with Crippen LogP contribution in [0, 0.1) is 0 Å². The number of rotatable bonds is 12. The van der Waals surface area contributed by atoms with Gasteiger partial charge in [-0.25, -0.2) is 0 Å². The normalized spacial score (nSPS) is 45.9. The Balaban J connectivity index is 0.00000486. The monoisotopic (exact) mass is 778 g/mol.